The van der Waals surface area contributed by atoms with Crippen LogP contribution in [0.15, 0.2) is 60.7 Å². The van der Waals surface area contributed by atoms with Crippen molar-refractivity contribution < 1.29 is 19.1 Å². The van der Waals surface area contributed by atoms with Crippen LogP contribution >= 0.6 is 0 Å². The van der Waals surface area contributed by atoms with E-state index in [2.05, 4.69) is 5.32 Å². The van der Waals surface area contributed by atoms with Crippen molar-refractivity contribution in [1.82, 2.24) is 5.32 Å². The molecule has 0 radical (unpaired) electrons. The maximum atomic E-state index is 12.5. The molecule has 1 unspecified atom stereocenters. The Bertz CT molecular complexity index is 1120. The molecule has 152 valence electrons. The average molecular weight is 402 g/mol. The van der Waals surface area contributed by atoms with E-state index in [1.165, 1.54) is 0 Å². The van der Waals surface area contributed by atoms with Crippen LogP contribution in [0, 0.1) is 5.92 Å². The van der Waals surface area contributed by atoms with E-state index in [1.54, 1.807) is 4.90 Å². The minimum atomic E-state index is -0.0275. The van der Waals surface area contributed by atoms with E-state index < -0.39 is 0 Å². The number of amides is 2. The first kappa shape index (κ1) is 18.5. The third-order valence-electron chi connectivity index (χ3n) is 5.69. The van der Waals surface area contributed by atoms with Crippen molar-refractivity contribution in [2.45, 2.75) is 12.8 Å². The number of hydrogen-bond donors (Lipinski definition) is 1. The Morgan fingerprint density at radius 1 is 1.03 bits per heavy atom. The van der Waals surface area contributed by atoms with Gasteiger partial charge in [-0.3, -0.25) is 9.59 Å². The molecule has 6 nitrogen and oxygen atoms in total. The first-order valence-electron chi connectivity index (χ1n) is 10.1. The molecule has 2 amide bonds. The zero-order chi connectivity index (χ0) is 20.5. The lowest BCUT2D eigenvalue weighted by molar-refractivity contribution is -0.121. The maximum Gasteiger partial charge on any atom is 0.231 e. The van der Waals surface area contributed by atoms with E-state index in [-0.39, 0.29) is 24.5 Å². The van der Waals surface area contributed by atoms with Crippen LogP contribution in [0.5, 0.6) is 11.5 Å². The Morgan fingerprint density at radius 3 is 2.80 bits per heavy atom. The molecule has 1 atom stereocenters. The Balaban J connectivity index is 1.20. The van der Waals surface area contributed by atoms with Crippen molar-refractivity contribution in [3.8, 4) is 11.5 Å². The fourth-order valence-corrected chi connectivity index (χ4v) is 4.16. The van der Waals surface area contributed by atoms with Gasteiger partial charge in [-0.25, -0.2) is 0 Å². The van der Waals surface area contributed by atoms with Gasteiger partial charge in [0.1, 0.15) is 0 Å². The number of nitrogens with zero attached hydrogens (tertiary/aromatic N) is 1. The Hall–Kier alpha value is -3.54. The maximum absolute atomic E-state index is 12.5. The molecule has 1 N–H and O–H groups in total. The molecule has 0 aliphatic carbocycles. The van der Waals surface area contributed by atoms with Gasteiger partial charge in [-0.2, -0.15) is 0 Å². The summed E-state index contributed by atoms with van der Waals surface area (Å²) in [4.78, 5) is 26.8. The SMILES string of the molecule is O=C(Cc1cccc2ccccc12)NCC1CC(=O)N(c2ccc3c(c2)OCO3)C1. The summed E-state index contributed by atoms with van der Waals surface area (Å²) in [7, 11) is 0. The second-order valence-electron chi connectivity index (χ2n) is 7.73. The van der Waals surface area contributed by atoms with Crippen LogP contribution in [0.1, 0.15) is 12.0 Å². The zero-order valence-electron chi connectivity index (χ0n) is 16.5. The summed E-state index contributed by atoms with van der Waals surface area (Å²) in [6, 6.07) is 19.6. The number of fused-ring (bicyclic) bond motifs is 2. The van der Waals surface area contributed by atoms with Crippen LogP contribution in [0.4, 0.5) is 5.69 Å². The van der Waals surface area contributed by atoms with Crippen molar-refractivity contribution in [1.29, 1.82) is 0 Å². The van der Waals surface area contributed by atoms with Gasteiger partial charge in [0, 0.05) is 37.2 Å². The minimum Gasteiger partial charge on any atom is -0.454 e. The standard InChI is InChI=1S/C24H22N2O4/c27-23(11-18-6-3-5-17-4-1-2-7-20(17)18)25-13-16-10-24(28)26(14-16)19-8-9-21-22(12-19)30-15-29-21/h1-9,12,16H,10-11,13-15H2,(H,25,27). The van der Waals surface area contributed by atoms with Gasteiger partial charge in [-0.1, -0.05) is 42.5 Å². The summed E-state index contributed by atoms with van der Waals surface area (Å²) in [5.41, 5.74) is 1.81. The van der Waals surface area contributed by atoms with E-state index in [4.69, 9.17) is 9.47 Å². The summed E-state index contributed by atoms with van der Waals surface area (Å²) in [5, 5.41) is 5.24. The third kappa shape index (κ3) is 3.56. The van der Waals surface area contributed by atoms with Gasteiger partial charge in [0.2, 0.25) is 18.6 Å². The molecular weight excluding hydrogens is 380 g/mol. The molecule has 0 bridgehead atoms. The van der Waals surface area contributed by atoms with Gasteiger partial charge >= 0.3 is 0 Å². The lowest BCUT2D eigenvalue weighted by Gasteiger charge is -2.17. The number of ether oxygens (including phenoxy) is 2. The van der Waals surface area contributed by atoms with Crippen molar-refractivity contribution in [3.63, 3.8) is 0 Å². The van der Waals surface area contributed by atoms with Gasteiger partial charge < -0.3 is 19.7 Å². The largest absolute Gasteiger partial charge is 0.454 e. The molecule has 1 fully saturated rings. The van der Waals surface area contributed by atoms with Crippen LogP contribution in [0.2, 0.25) is 0 Å². The zero-order valence-corrected chi connectivity index (χ0v) is 16.5. The summed E-state index contributed by atoms with van der Waals surface area (Å²) in [5.74, 6) is 1.47. The van der Waals surface area contributed by atoms with Crippen molar-refractivity contribution in [3.05, 3.63) is 66.2 Å². The molecule has 2 aliphatic rings. The first-order chi connectivity index (χ1) is 14.7. The second-order valence-corrected chi connectivity index (χ2v) is 7.73. The molecule has 2 heterocycles. The predicted octanol–water partition coefficient (Wildman–Crippen LogP) is 3.28. The highest BCUT2D eigenvalue weighted by Crippen LogP contribution is 2.37. The van der Waals surface area contributed by atoms with Crippen LogP contribution in [-0.4, -0.2) is 31.7 Å². The topological polar surface area (TPSA) is 67.9 Å². The van der Waals surface area contributed by atoms with E-state index in [1.807, 2.05) is 60.7 Å². The number of benzene rings is 3. The Kier molecular flexibility index (Phi) is 4.75. The van der Waals surface area contributed by atoms with E-state index in [0.29, 0.717) is 37.4 Å². The highest BCUT2D eigenvalue weighted by atomic mass is 16.7. The number of carbonyl (C=O) groups is 2. The summed E-state index contributed by atoms with van der Waals surface area (Å²) in [6.07, 6.45) is 0.747. The number of carbonyl (C=O) groups excluding carboxylic acids is 2. The normalized spacial score (nSPS) is 17.5. The highest BCUT2D eigenvalue weighted by molar-refractivity contribution is 5.96. The van der Waals surface area contributed by atoms with Gasteiger partial charge in [0.05, 0.1) is 6.42 Å². The van der Waals surface area contributed by atoms with Crippen molar-refractivity contribution >= 4 is 28.3 Å². The van der Waals surface area contributed by atoms with Gasteiger partial charge in [-0.15, -0.1) is 0 Å². The first-order valence-corrected chi connectivity index (χ1v) is 10.1. The van der Waals surface area contributed by atoms with E-state index in [0.717, 1.165) is 22.0 Å². The monoisotopic (exact) mass is 402 g/mol. The molecule has 0 saturated carbocycles. The molecule has 0 spiro atoms. The van der Waals surface area contributed by atoms with Crippen LogP contribution < -0.4 is 19.7 Å². The molecule has 30 heavy (non-hydrogen) atoms. The summed E-state index contributed by atoms with van der Waals surface area (Å²) < 4.78 is 10.7. The Labute approximate surface area is 174 Å². The van der Waals surface area contributed by atoms with Crippen LogP contribution in [0.3, 0.4) is 0 Å². The molecule has 0 aromatic heterocycles. The van der Waals surface area contributed by atoms with Gasteiger partial charge in [0.25, 0.3) is 0 Å². The minimum absolute atomic E-state index is 0.0275. The molecule has 3 aromatic rings. The molecule has 5 rings (SSSR count). The van der Waals surface area contributed by atoms with Gasteiger partial charge in [0.15, 0.2) is 11.5 Å². The molecular formula is C24H22N2O4. The number of hydrogen-bond acceptors (Lipinski definition) is 4. The predicted molar refractivity (Wildman–Crippen MR) is 114 cm³/mol. The highest BCUT2D eigenvalue weighted by Gasteiger charge is 2.31. The average Bonchev–Trinajstić information content (AvgIpc) is 3.38. The smallest absolute Gasteiger partial charge is 0.231 e. The second kappa shape index (κ2) is 7.71. The number of anilines is 1. The fourth-order valence-electron chi connectivity index (χ4n) is 4.16. The summed E-state index contributed by atoms with van der Waals surface area (Å²) in [6.45, 7) is 1.27. The van der Waals surface area contributed by atoms with Crippen molar-refractivity contribution in [2.24, 2.45) is 5.92 Å². The summed E-state index contributed by atoms with van der Waals surface area (Å²) >= 11 is 0. The van der Waals surface area contributed by atoms with Gasteiger partial charge in [-0.05, 0) is 28.5 Å². The van der Waals surface area contributed by atoms with Crippen LogP contribution in [-0.2, 0) is 16.0 Å². The lowest BCUT2D eigenvalue weighted by Crippen LogP contribution is -2.32. The third-order valence-corrected chi connectivity index (χ3v) is 5.69. The molecule has 3 aromatic carbocycles. The number of nitrogens with one attached hydrogen (secondary N) is 1. The fraction of sp³-hybridized carbons (Fsp3) is 0.250. The van der Waals surface area contributed by atoms with Crippen molar-refractivity contribution in [2.75, 3.05) is 24.8 Å². The van der Waals surface area contributed by atoms with E-state index >= 15 is 0 Å². The number of rotatable bonds is 5. The molecule has 2 aliphatic heterocycles. The molecule has 6 heteroatoms. The Morgan fingerprint density at radius 2 is 1.87 bits per heavy atom. The van der Waals surface area contributed by atoms with E-state index in [9.17, 15) is 9.59 Å². The van der Waals surface area contributed by atoms with Crippen LogP contribution in [0.25, 0.3) is 10.8 Å². The quantitative estimate of drug-likeness (QED) is 0.711. The molecule has 1 saturated heterocycles. The lowest BCUT2D eigenvalue weighted by atomic mass is 10.0.